The second kappa shape index (κ2) is 8.67. The average molecular weight is 444 g/mol. The van der Waals surface area contributed by atoms with Crippen LogP contribution < -0.4 is 9.47 Å². The lowest BCUT2D eigenvalue weighted by molar-refractivity contribution is 0.0961. The molecule has 0 N–H and O–H groups in total. The fourth-order valence-electron chi connectivity index (χ4n) is 4.66. The topological polar surface area (TPSA) is 75.0 Å². The van der Waals surface area contributed by atoms with Crippen LogP contribution in [0.25, 0.3) is 16.8 Å². The van der Waals surface area contributed by atoms with Gasteiger partial charge in [0.05, 0.1) is 43.3 Å². The van der Waals surface area contributed by atoms with Crippen LogP contribution in [0.15, 0.2) is 54.7 Å². The molecule has 7 heteroatoms. The summed E-state index contributed by atoms with van der Waals surface area (Å²) in [5, 5.41) is 4.85. The second-order valence-electron chi connectivity index (χ2n) is 8.11. The molecule has 2 aromatic heterocycles. The van der Waals surface area contributed by atoms with Crippen LogP contribution >= 0.6 is 0 Å². The number of fused-ring (bicyclic) bond motifs is 3. The van der Waals surface area contributed by atoms with Crippen molar-refractivity contribution in [3.8, 4) is 22.6 Å². The van der Waals surface area contributed by atoms with E-state index in [2.05, 4.69) is 4.98 Å². The molecule has 168 valence electrons. The zero-order valence-corrected chi connectivity index (χ0v) is 18.9. The molecule has 1 aliphatic rings. The Kier molecular flexibility index (Phi) is 5.56. The molecule has 5 rings (SSSR count). The Hall–Kier alpha value is -3.71. The molecule has 0 aliphatic heterocycles. The molecule has 2 aromatic carbocycles. The highest BCUT2D eigenvalue weighted by Crippen LogP contribution is 2.39. The van der Waals surface area contributed by atoms with E-state index in [0.717, 1.165) is 33.7 Å². The predicted molar refractivity (Wildman–Crippen MR) is 124 cm³/mol. The van der Waals surface area contributed by atoms with Gasteiger partial charge >= 0.3 is 0 Å². The first-order valence-corrected chi connectivity index (χ1v) is 10.8. The highest BCUT2D eigenvalue weighted by atomic mass is 16.5. The van der Waals surface area contributed by atoms with Crippen molar-refractivity contribution in [2.45, 2.75) is 25.4 Å². The van der Waals surface area contributed by atoms with Gasteiger partial charge in [-0.05, 0) is 23.6 Å². The minimum absolute atomic E-state index is 0.0355. The summed E-state index contributed by atoms with van der Waals surface area (Å²) in [5.74, 6) is 1.45. The zero-order chi connectivity index (χ0) is 22.9. The van der Waals surface area contributed by atoms with Crippen LogP contribution in [0.5, 0.6) is 11.5 Å². The van der Waals surface area contributed by atoms with Gasteiger partial charge in [-0.15, -0.1) is 0 Å². The van der Waals surface area contributed by atoms with Crippen LogP contribution in [0.1, 0.15) is 39.6 Å². The molecular formula is C26H25N3O4. The van der Waals surface area contributed by atoms with Crippen molar-refractivity contribution in [3.63, 3.8) is 0 Å². The largest absolute Gasteiger partial charge is 0.497 e. The number of benzene rings is 2. The van der Waals surface area contributed by atoms with E-state index in [1.807, 2.05) is 53.0 Å². The fourth-order valence-corrected chi connectivity index (χ4v) is 4.66. The lowest BCUT2D eigenvalue weighted by Crippen LogP contribution is -2.23. The first kappa shape index (κ1) is 21.2. The molecule has 0 radical (unpaired) electrons. The molecule has 0 fully saturated rings. The Balaban J connectivity index is 1.65. The van der Waals surface area contributed by atoms with E-state index >= 15 is 0 Å². The molecule has 0 saturated heterocycles. The van der Waals surface area contributed by atoms with E-state index in [0.29, 0.717) is 36.5 Å². The summed E-state index contributed by atoms with van der Waals surface area (Å²) in [7, 11) is 4.91. The smallest absolute Gasteiger partial charge is 0.166 e. The maximum atomic E-state index is 13.2. The molecule has 33 heavy (non-hydrogen) atoms. The number of hydrogen-bond acceptors (Lipinski definition) is 6. The van der Waals surface area contributed by atoms with Crippen LogP contribution in [0.3, 0.4) is 0 Å². The molecule has 0 bridgehead atoms. The summed E-state index contributed by atoms with van der Waals surface area (Å²) < 4.78 is 18.2. The summed E-state index contributed by atoms with van der Waals surface area (Å²) >= 11 is 0. The van der Waals surface area contributed by atoms with E-state index in [1.165, 1.54) is 0 Å². The van der Waals surface area contributed by atoms with Crippen molar-refractivity contribution in [1.82, 2.24) is 14.6 Å². The van der Waals surface area contributed by atoms with Crippen molar-refractivity contribution >= 4 is 11.4 Å². The molecule has 0 amide bonds. The molecule has 1 aliphatic carbocycles. The maximum absolute atomic E-state index is 13.2. The van der Waals surface area contributed by atoms with Crippen LogP contribution in [-0.4, -0.2) is 41.7 Å². The highest BCUT2D eigenvalue weighted by Gasteiger charge is 2.32. The SMILES string of the molecule is COCc1nn2c3c(cnc2c1-c1ccccc1)C(=O)CC(c1ccc(OC)cc1OC)C3. The number of ether oxygens (including phenoxy) is 3. The van der Waals surface area contributed by atoms with Crippen molar-refractivity contribution in [2.75, 3.05) is 21.3 Å². The van der Waals surface area contributed by atoms with Crippen LogP contribution in [-0.2, 0) is 17.8 Å². The highest BCUT2D eigenvalue weighted by molar-refractivity contribution is 5.99. The van der Waals surface area contributed by atoms with Gasteiger partial charge in [0.2, 0.25) is 0 Å². The van der Waals surface area contributed by atoms with Gasteiger partial charge in [0.15, 0.2) is 11.4 Å². The molecule has 2 heterocycles. The third-order valence-corrected chi connectivity index (χ3v) is 6.21. The Labute approximate surface area is 191 Å². The number of nitrogens with zero attached hydrogens (tertiary/aromatic N) is 3. The summed E-state index contributed by atoms with van der Waals surface area (Å²) in [6.07, 6.45) is 2.73. The van der Waals surface area contributed by atoms with Crippen LogP contribution in [0, 0.1) is 0 Å². The van der Waals surface area contributed by atoms with Gasteiger partial charge in [-0.3, -0.25) is 4.79 Å². The molecule has 0 spiro atoms. The Morgan fingerprint density at radius 1 is 1.03 bits per heavy atom. The van der Waals surface area contributed by atoms with Crippen LogP contribution in [0.2, 0.25) is 0 Å². The number of methoxy groups -OCH3 is 3. The summed E-state index contributed by atoms with van der Waals surface area (Å²) in [5.41, 5.74) is 5.92. The molecule has 1 atom stereocenters. The maximum Gasteiger partial charge on any atom is 0.166 e. The lowest BCUT2D eigenvalue weighted by atomic mass is 9.81. The van der Waals surface area contributed by atoms with Crippen LogP contribution in [0.4, 0.5) is 0 Å². The number of rotatable bonds is 6. The van der Waals surface area contributed by atoms with Gasteiger partial charge in [0, 0.05) is 31.7 Å². The van der Waals surface area contributed by atoms with E-state index in [-0.39, 0.29) is 11.7 Å². The standard InChI is InChI=1S/C26H25N3O4/c1-31-15-21-25(16-7-5-4-6-8-16)26-27-14-20-22(29(26)28-21)11-17(12-23(20)30)19-10-9-18(32-2)13-24(19)33-3/h4-10,13-14,17H,11-12,15H2,1-3H3. The van der Waals surface area contributed by atoms with Gasteiger partial charge in [-0.2, -0.15) is 5.10 Å². The first-order valence-electron chi connectivity index (χ1n) is 10.8. The zero-order valence-electron chi connectivity index (χ0n) is 18.9. The number of carbonyl (C=O) groups is 1. The number of Topliss-reactive ketones (excluding diaryl/α,β-unsaturated/α-hetero) is 1. The van der Waals surface area contributed by atoms with Gasteiger partial charge in [-0.1, -0.05) is 36.4 Å². The van der Waals surface area contributed by atoms with Gasteiger partial charge < -0.3 is 14.2 Å². The minimum Gasteiger partial charge on any atom is -0.497 e. The molecule has 7 nitrogen and oxygen atoms in total. The third kappa shape index (κ3) is 3.64. The Morgan fingerprint density at radius 2 is 1.85 bits per heavy atom. The number of aromatic nitrogens is 3. The first-order chi connectivity index (χ1) is 16.1. The van der Waals surface area contributed by atoms with Crippen molar-refractivity contribution in [2.24, 2.45) is 0 Å². The second-order valence-corrected chi connectivity index (χ2v) is 8.11. The number of carbonyl (C=O) groups excluding carboxylic acids is 1. The quantitative estimate of drug-likeness (QED) is 0.438. The normalized spacial score (nSPS) is 15.5. The summed E-state index contributed by atoms with van der Waals surface area (Å²) in [6.45, 7) is 0.353. The summed E-state index contributed by atoms with van der Waals surface area (Å²) in [4.78, 5) is 17.8. The molecular weight excluding hydrogens is 418 g/mol. The minimum atomic E-state index is -0.0355. The lowest BCUT2D eigenvalue weighted by Gasteiger charge is -2.25. The Bertz CT molecular complexity index is 1330. The average Bonchev–Trinajstić information content (AvgIpc) is 3.22. The predicted octanol–water partition coefficient (Wildman–Crippen LogP) is 4.47. The number of ketones is 1. The monoisotopic (exact) mass is 443 g/mol. The van der Waals surface area contributed by atoms with Gasteiger partial charge in [0.1, 0.15) is 11.5 Å². The third-order valence-electron chi connectivity index (χ3n) is 6.21. The molecule has 4 aromatic rings. The number of hydrogen-bond donors (Lipinski definition) is 0. The van der Waals surface area contributed by atoms with Gasteiger partial charge in [0.25, 0.3) is 0 Å². The van der Waals surface area contributed by atoms with E-state index in [4.69, 9.17) is 19.3 Å². The van der Waals surface area contributed by atoms with Crippen molar-refractivity contribution in [1.29, 1.82) is 0 Å². The molecule has 1 unspecified atom stereocenters. The fraction of sp³-hybridized carbons (Fsp3) is 0.269. The van der Waals surface area contributed by atoms with E-state index in [1.54, 1.807) is 27.5 Å². The van der Waals surface area contributed by atoms with Crippen molar-refractivity contribution in [3.05, 3.63) is 77.2 Å². The van der Waals surface area contributed by atoms with Crippen molar-refractivity contribution < 1.29 is 19.0 Å². The van der Waals surface area contributed by atoms with Gasteiger partial charge in [-0.25, -0.2) is 9.50 Å². The van der Waals surface area contributed by atoms with E-state index in [9.17, 15) is 4.79 Å². The molecule has 0 saturated carbocycles. The summed E-state index contributed by atoms with van der Waals surface area (Å²) in [6, 6.07) is 15.8. The van der Waals surface area contributed by atoms with E-state index < -0.39 is 0 Å². The Morgan fingerprint density at radius 3 is 2.58 bits per heavy atom.